The van der Waals surface area contributed by atoms with Crippen molar-refractivity contribution in [2.75, 3.05) is 0 Å². The molecule has 2 aromatic carbocycles. The lowest BCUT2D eigenvalue weighted by Gasteiger charge is -2.21. The van der Waals surface area contributed by atoms with Crippen LogP contribution in [0.1, 0.15) is 17.5 Å². The number of alkyl carbamates (subject to hydrolysis) is 1. The minimum absolute atomic E-state index is 0.0161. The normalized spacial score (nSPS) is 12.3. The Kier molecular flexibility index (Phi) is 9.02. The smallest absolute Gasteiger partial charge is 0.408 e. The number of aliphatic carboxylic acids is 1. The van der Waals surface area contributed by atoms with Gasteiger partial charge in [-0.3, -0.25) is 9.59 Å². The van der Waals surface area contributed by atoms with Crippen LogP contribution in [0.25, 0.3) is 0 Å². The molecule has 2 rings (SSSR count). The highest BCUT2D eigenvalue weighted by molar-refractivity contribution is 9.18. The second-order valence-electron chi connectivity index (χ2n) is 6.41. The number of rotatable bonds is 10. The maximum atomic E-state index is 12.7. The first kappa shape index (κ1) is 23.1. The van der Waals surface area contributed by atoms with E-state index in [0.717, 1.165) is 11.1 Å². The largest absolute Gasteiger partial charge is 0.480 e. The highest BCUT2D eigenvalue weighted by atomic mass is 79.9. The molecule has 2 atom stereocenters. The number of hydrogen-bond donors (Lipinski definition) is 3. The summed E-state index contributed by atoms with van der Waals surface area (Å²) in [7, 11) is 0. The Balaban J connectivity index is 2.06. The molecule has 9 heteroatoms. The van der Waals surface area contributed by atoms with E-state index in [2.05, 4.69) is 26.6 Å². The van der Waals surface area contributed by atoms with Gasteiger partial charge in [0.05, 0.1) is 0 Å². The van der Waals surface area contributed by atoms with Crippen molar-refractivity contribution in [3.63, 3.8) is 0 Å². The van der Waals surface area contributed by atoms with Crippen LogP contribution in [-0.2, 0) is 32.1 Å². The fourth-order valence-electron chi connectivity index (χ4n) is 2.60. The van der Waals surface area contributed by atoms with Gasteiger partial charge < -0.3 is 20.5 Å². The second-order valence-corrected chi connectivity index (χ2v) is 7.29. The van der Waals surface area contributed by atoms with Crippen molar-refractivity contribution in [3.8, 4) is 0 Å². The molecule has 3 N–H and O–H groups in total. The van der Waals surface area contributed by atoms with Gasteiger partial charge in [0.1, 0.15) is 18.7 Å². The van der Waals surface area contributed by atoms with Crippen LogP contribution in [0.5, 0.6) is 0 Å². The van der Waals surface area contributed by atoms with Crippen molar-refractivity contribution in [1.82, 2.24) is 10.6 Å². The van der Waals surface area contributed by atoms with Crippen LogP contribution in [0.15, 0.2) is 60.7 Å². The van der Waals surface area contributed by atoms with E-state index in [4.69, 9.17) is 4.74 Å². The van der Waals surface area contributed by atoms with Crippen molar-refractivity contribution in [1.29, 1.82) is 0 Å². The van der Waals surface area contributed by atoms with Gasteiger partial charge in [-0.25, -0.2) is 9.59 Å². The van der Waals surface area contributed by atoms with Gasteiger partial charge in [0.15, 0.2) is 4.69 Å². The van der Waals surface area contributed by atoms with E-state index >= 15 is 0 Å². The average molecular weight is 477 g/mol. The van der Waals surface area contributed by atoms with Gasteiger partial charge in [0.2, 0.25) is 5.91 Å². The molecule has 0 aromatic heterocycles. The van der Waals surface area contributed by atoms with Crippen LogP contribution in [0.4, 0.5) is 4.79 Å². The number of amides is 2. The van der Waals surface area contributed by atoms with Gasteiger partial charge in [0, 0.05) is 12.8 Å². The zero-order valence-corrected chi connectivity index (χ0v) is 17.5. The Labute approximate surface area is 181 Å². The summed E-state index contributed by atoms with van der Waals surface area (Å²) < 4.78 is 4.59. The highest BCUT2D eigenvalue weighted by Gasteiger charge is 2.28. The van der Waals surface area contributed by atoms with Crippen molar-refractivity contribution in [3.05, 3.63) is 71.8 Å². The number of carboxylic acid groups (broad SMARTS) is 1. The van der Waals surface area contributed by atoms with Gasteiger partial charge >= 0.3 is 12.1 Å². The lowest BCUT2D eigenvalue weighted by Crippen LogP contribution is -2.52. The number of nitrogens with one attached hydrogen (secondary N) is 2. The van der Waals surface area contributed by atoms with E-state index in [0.29, 0.717) is 0 Å². The van der Waals surface area contributed by atoms with Crippen LogP contribution < -0.4 is 10.6 Å². The third-order valence-electron chi connectivity index (χ3n) is 4.08. The van der Waals surface area contributed by atoms with E-state index in [-0.39, 0.29) is 13.0 Å². The summed E-state index contributed by atoms with van der Waals surface area (Å²) in [6.45, 7) is 0.0161. The summed E-state index contributed by atoms with van der Waals surface area (Å²) in [4.78, 5) is 47.5. The Hall–Kier alpha value is -3.20. The van der Waals surface area contributed by atoms with Crippen LogP contribution in [0.3, 0.4) is 0 Å². The topological polar surface area (TPSA) is 122 Å². The fraction of sp³-hybridized carbons (Fsp3) is 0.238. The predicted molar refractivity (Wildman–Crippen MR) is 112 cm³/mol. The molecule has 0 aliphatic rings. The molecule has 0 radical (unpaired) electrons. The van der Waals surface area contributed by atoms with Crippen molar-refractivity contribution < 1.29 is 29.0 Å². The van der Waals surface area contributed by atoms with Crippen molar-refractivity contribution in [2.45, 2.75) is 31.5 Å². The number of carboxylic acids is 1. The summed E-state index contributed by atoms with van der Waals surface area (Å²) in [5, 5.41) is 14.0. The summed E-state index contributed by atoms with van der Waals surface area (Å²) in [6, 6.07) is 15.4. The molecule has 0 spiro atoms. The zero-order valence-electron chi connectivity index (χ0n) is 15.9. The van der Waals surface area contributed by atoms with Crippen LogP contribution in [0.2, 0.25) is 0 Å². The first-order chi connectivity index (χ1) is 14.3. The molecule has 30 heavy (non-hydrogen) atoms. The molecule has 0 fully saturated rings. The van der Waals surface area contributed by atoms with Crippen LogP contribution in [0, 0.1) is 0 Å². The fourth-order valence-corrected chi connectivity index (χ4v) is 2.92. The minimum Gasteiger partial charge on any atom is -0.480 e. The molecule has 0 saturated carbocycles. The molecule has 0 heterocycles. The Morgan fingerprint density at radius 2 is 1.43 bits per heavy atom. The van der Waals surface area contributed by atoms with E-state index < -0.39 is 41.2 Å². The van der Waals surface area contributed by atoms with Gasteiger partial charge in [-0.15, -0.1) is 0 Å². The summed E-state index contributed by atoms with van der Waals surface area (Å²) in [5.74, 6) is -2.10. The number of hydrogen-bond acceptors (Lipinski definition) is 5. The Morgan fingerprint density at radius 1 is 0.867 bits per heavy atom. The molecular weight excluding hydrogens is 456 g/mol. The standard InChI is InChI=1S/C21H21BrN2O6/c22-18(25)12-17(20(27)28)23-19(26)16(11-14-7-3-1-4-8-14)24-21(29)30-13-15-9-5-2-6-10-15/h1-10,16-17H,11-13H2,(H,23,26)(H,24,29)(H,27,28)/t16-,17-/m0/s1. The number of carbonyl (C=O) groups excluding carboxylic acids is 3. The summed E-state index contributed by atoms with van der Waals surface area (Å²) in [6.07, 6.45) is -1.14. The number of halogens is 1. The lowest BCUT2D eigenvalue weighted by atomic mass is 10.0. The predicted octanol–water partition coefficient (Wildman–Crippen LogP) is 2.41. The molecule has 0 aliphatic carbocycles. The molecule has 0 aliphatic heterocycles. The Morgan fingerprint density at radius 3 is 1.97 bits per heavy atom. The van der Waals surface area contributed by atoms with Crippen LogP contribution in [-0.4, -0.2) is 39.9 Å². The maximum Gasteiger partial charge on any atom is 0.408 e. The SMILES string of the molecule is O=C(Br)C[C@H](NC(=O)[C@H](Cc1ccccc1)NC(=O)OCc1ccccc1)C(=O)O. The molecule has 0 bridgehead atoms. The molecular formula is C21H21BrN2O6. The van der Waals surface area contributed by atoms with E-state index in [1.807, 2.05) is 12.1 Å². The second kappa shape index (κ2) is 11.7. The van der Waals surface area contributed by atoms with Crippen LogP contribution >= 0.6 is 15.9 Å². The molecule has 158 valence electrons. The molecule has 2 aromatic rings. The molecule has 2 amide bonds. The molecule has 0 saturated heterocycles. The monoisotopic (exact) mass is 476 g/mol. The number of carbonyl (C=O) groups is 4. The van der Waals surface area contributed by atoms with Gasteiger partial charge in [0.25, 0.3) is 0 Å². The minimum atomic E-state index is -1.43. The first-order valence-corrected chi connectivity index (χ1v) is 9.87. The third kappa shape index (κ3) is 8.04. The van der Waals surface area contributed by atoms with Crippen molar-refractivity contribution in [2.24, 2.45) is 0 Å². The summed E-state index contributed by atoms with van der Waals surface area (Å²) >= 11 is 2.66. The third-order valence-corrected chi connectivity index (χ3v) is 4.41. The number of benzene rings is 2. The summed E-state index contributed by atoms with van der Waals surface area (Å²) in [5.41, 5.74) is 1.53. The van der Waals surface area contributed by atoms with E-state index in [1.54, 1.807) is 48.5 Å². The van der Waals surface area contributed by atoms with E-state index in [9.17, 15) is 24.3 Å². The lowest BCUT2D eigenvalue weighted by molar-refractivity contribution is -0.143. The quantitative estimate of drug-likeness (QED) is 0.452. The highest BCUT2D eigenvalue weighted by Crippen LogP contribution is 2.07. The molecule has 8 nitrogen and oxygen atoms in total. The maximum absolute atomic E-state index is 12.7. The zero-order chi connectivity index (χ0) is 21.9. The Bertz CT molecular complexity index is 876. The molecule has 0 unspecified atom stereocenters. The first-order valence-electron chi connectivity index (χ1n) is 9.08. The van der Waals surface area contributed by atoms with E-state index in [1.165, 1.54) is 0 Å². The number of ether oxygens (including phenoxy) is 1. The average Bonchev–Trinajstić information content (AvgIpc) is 2.72. The van der Waals surface area contributed by atoms with Crippen molar-refractivity contribution >= 4 is 38.6 Å². The van der Waals surface area contributed by atoms with Gasteiger partial charge in [-0.05, 0) is 27.1 Å². The van der Waals surface area contributed by atoms with Gasteiger partial charge in [-0.2, -0.15) is 0 Å². The van der Waals surface area contributed by atoms with Gasteiger partial charge in [-0.1, -0.05) is 60.7 Å².